The predicted molar refractivity (Wildman–Crippen MR) is 61.7 cm³/mol. The molecule has 0 unspecified atom stereocenters. The zero-order valence-electron chi connectivity index (χ0n) is 7.73. The lowest BCUT2D eigenvalue weighted by molar-refractivity contribution is -0.485. The molecule has 0 amide bonds. The van der Waals surface area contributed by atoms with E-state index in [1.165, 1.54) is 18.4 Å². The summed E-state index contributed by atoms with van der Waals surface area (Å²) in [6, 6.07) is 0. The standard InChI is InChI=1S/C6H8ClN5O2S.2H2/c1-8-6(11-12(13)14)10-3-4-2-9-5(7)15-4;;/h2H,3H2,1H3,(H2,8,10,11);2*1H. The summed E-state index contributed by atoms with van der Waals surface area (Å²) in [6.45, 7) is 0.387. The first-order chi connectivity index (χ1) is 7.11. The van der Waals surface area contributed by atoms with Gasteiger partial charge < -0.3 is 10.6 Å². The molecular formula is C6H12ClN5O2S. The summed E-state index contributed by atoms with van der Waals surface area (Å²) in [5, 5.41) is 17.7. The topological polar surface area (TPSA) is 92.5 Å². The van der Waals surface area contributed by atoms with Gasteiger partial charge in [-0.2, -0.15) is 0 Å². The monoisotopic (exact) mass is 253 g/mol. The number of guanidine groups is 1. The van der Waals surface area contributed by atoms with Gasteiger partial charge in [0, 0.05) is 21.0 Å². The van der Waals surface area contributed by atoms with Gasteiger partial charge in [0.05, 0.1) is 6.54 Å². The highest BCUT2D eigenvalue weighted by Gasteiger charge is 2.04. The van der Waals surface area contributed by atoms with E-state index in [9.17, 15) is 10.1 Å². The summed E-state index contributed by atoms with van der Waals surface area (Å²) in [5.41, 5.74) is 0. The van der Waals surface area contributed by atoms with Crippen molar-refractivity contribution in [1.82, 2.24) is 15.6 Å². The molecule has 0 spiro atoms. The predicted octanol–water partition coefficient (Wildman–Crippen LogP) is 1.15. The molecule has 7 nitrogen and oxygen atoms in total. The Morgan fingerprint density at radius 2 is 2.67 bits per heavy atom. The number of nitro groups is 1. The zero-order valence-corrected chi connectivity index (χ0v) is 9.30. The first kappa shape index (κ1) is 11.7. The Bertz CT molecular complexity index is 388. The molecule has 0 saturated heterocycles. The van der Waals surface area contributed by atoms with Crippen LogP contribution in [0.5, 0.6) is 0 Å². The first-order valence-corrected chi connectivity index (χ1v) is 5.06. The van der Waals surface area contributed by atoms with E-state index in [2.05, 4.69) is 20.7 Å². The Hall–Kier alpha value is -1.41. The van der Waals surface area contributed by atoms with Crippen molar-refractivity contribution in [2.24, 2.45) is 5.10 Å². The molecule has 0 saturated carbocycles. The van der Waals surface area contributed by atoms with Crippen LogP contribution in [0, 0.1) is 10.1 Å². The van der Waals surface area contributed by atoms with E-state index >= 15 is 0 Å². The van der Waals surface area contributed by atoms with E-state index in [0.29, 0.717) is 11.0 Å². The average molecular weight is 254 g/mol. The summed E-state index contributed by atoms with van der Waals surface area (Å²) in [7, 11) is 1.54. The largest absolute Gasteiger partial charge is 0.354 e. The van der Waals surface area contributed by atoms with Gasteiger partial charge in [0.15, 0.2) is 9.50 Å². The molecule has 1 aromatic rings. The van der Waals surface area contributed by atoms with Crippen LogP contribution in [0.15, 0.2) is 11.3 Å². The Kier molecular flexibility index (Phi) is 4.25. The van der Waals surface area contributed by atoms with Crippen molar-refractivity contribution in [3.8, 4) is 0 Å². The minimum absolute atomic E-state index is 0. The van der Waals surface area contributed by atoms with Crippen molar-refractivity contribution in [3.63, 3.8) is 0 Å². The molecule has 15 heavy (non-hydrogen) atoms. The SMILES string of the molecule is CN/C(=N\[N+](=O)[O-])NCc1cnc(Cl)s1.[HH].[HH]. The molecular weight excluding hydrogens is 242 g/mol. The van der Waals surface area contributed by atoms with Crippen molar-refractivity contribution in [2.45, 2.75) is 6.54 Å². The number of hydrogen-bond acceptors (Lipinski definition) is 4. The molecule has 1 aromatic heterocycles. The maximum absolute atomic E-state index is 10.1. The van der Waals surface area contributed by atoms with Crippen LogP contribution < -0.4 is 10.6 Å². The van der Waals surface area contributed by atoms with Crippen LogP contribution in [0.1, 0.15) is 7.73 Å². The van der Waals surface area contributed by atoms with E-state index in [0.717, 1.165) is 4.88 Å². The lowest BCUT2D eigenvalue weighted by Crippen LogP contribution is -2.34. The van der Waals surface area contributed by atoms with Gasteiger partial charge in [-0.15, -0.1) is 11.3 Å². The lowest BCUT2D eigenvalue weighted by atomic mass is 10.5. The molecule has 0 radical (unpaired) electrons. The van der Waals surface area contributed by atoms with Crippen LogP contribution in [-0.4, -0.2) is 23.0 Å². The Balaban J connectivity index is 0. The second-order valence-electron chi connectivity index (χ2n) is 2.37. The number of nitrogens with one attached hydrogen (secondary N) is 2. The van der Waals surface area contributed by atoms with Gasteiger partial charge in [-0.1, -0.05) is 11.6 Å². The fourth-order valence-corrected chi connectivity index (χ4v) is 1.71. The van der Waals surface area contributed by atoms with Crippen LogP contribution in [-0.2, 0) is 6.54 Å². The molecule has 0 bridgehead atoms. The second kappa shape index (κ2) is 5.47. The molecule has 0 fully saturated rings. The van der Waals surface area contributed by atoms with Crippen molar-refractivity contribution in [2.75, 3.05) is 7.05 Å². The highest BCUT2D eigenvalue weighted by atomic mass is 35.5. The van der Waals surface area contributed by atoms with E-state index in [-0.39, 0.29) is 8.81 Å². The number of rotatable bonds is 3. The van der Waals surface area contributed by atoms with E-state index < -0.39 is 5.03 Å². The molecule has 9 heteroatoms. The fourth-order valence-electron chi connectivity index (χ4n) is 0.792. The molecule has 0 aromatic carbocycles. The van der Waals surface area contributed by atoms with E-state index in [1.54, 1.807) is 6.20 Å². The third-order valence-electron chi connectivity index (χ3n) is 1.37. The van der Waals surface area contributed by atoms with Gasteiger partial charge in [0.2, 0.25) is 0 Å². The Labute approximate surface area is 97.3 Å². The number of thiazole rings is 1. The van der Waals surface area contributed by atoms with Crippen LogP contribution in [0.3, 0.4) is 0 Å². The number of aromatic nitrogens is 1. The van der Waals surface area contributed by atoms with Crippen LogP contribution in [0.4, 0.5) is 0 Å². The second-order valence-corrected chi connectivity index (χ2v) is 4.07. The molecule has 0 aliphatic heterocycles. The maximum atomic E-state index is 10.1. The summed E-state index contributed by atoms with van der Waals surface area (Å²) in [5.74, 6) is 0.0875. The highest BCUT2D eigenvalue weighted by Crippen LogP contribution is 2.16. The Morgan fingerprint density at radius 3 is 3.13 bits per heavy atom. The van der Waals surface area contributed by atoms with Crippen LogP contribution >= 0.6 is 22.9 Å². The van der Waals surface area contributed by atoms with Gasteiger partial charge in [0.25, 0.3) is 5.96 Å². The summed E-state index contributed by atoms with van der Waals surface area (Å²) in [6.07, 6.45) is 1.60. The normalized spacial score (nSPS) is 11.2. The third-order valence-corrected chi connectivity index (χ3v) is 2.49. The van der Waals surface area contributed by atoms with Gasteiger partial charge >= 0.3 is 0 Å². The minimum Gasteiger partial charge on any atom is -0.354 e. The molecule has 0 aliphatic rings. The lowest BCUT2D eigenvalue weighted by Gasteiger charge is -2.02. The van der Waals surface area contributed by atoms with Crippen molar-refractivity contribution in [3.05, 3.63) is 25.7 Å². The van der Waals surface area contributed by atoms with Crippen LogP contribution in [0.2, 0.25) is 4.47 Å². The number of halogens is 1. The highest BCUT2D eigenvalue weighted by molar-refractivity contribution is 7.15. The zero-order chi connectivity index (χ0) is 11.3. The Morgan fingerprint density at radius 1 is 1.93 bits per heavy atom. The summed E-state index contributed by atoms with van der Waals surface area (Å²) in [4.78, 5) is 14.8. The van der Waals surface area contributed by atoms with Crippen molar-refractivity contribution in [1.29, 1.82) is 0 Å². The smallest absolute Gasteiger partial charge is 0.268 e. The van der Waals surface area contributed by atoms with E-state index in [4.69, 9.17) is 11.6 Å². The molecule has 0 atom stereocenters. The van der Waals surface area contributed by atoms with Crippen molar-refractivity contribution >= 4 is 28.9 Å². The molecule has 86 valence electrons. The van der Waals surface area contributed by atoms with Crippen molar-refractivity contribution < 1.29 is 7.89 Å². The number of hydrazone groups is 1. The number of nitrogens with zero attached hydrogens (tertiary/aromatic N) is 3. The van der Waals surface area contributed by atoms with Gasteiger partial charge in [-0.05, 0) is 0 Å². The average Bonchev–Trinajstić information content (AvgIpc) is 2.58. The molecule has 0 aliphatic carbocycles. The molecule has 2 N–H and O–H groups in total. The molecule has 1 rings (SSSR count). The maximum Gasteiger partial charge on any atom is 0.268 e. The molecule has 1 heterocycles. The quantitative estimate of drug-likeness (QED) is 0.365. The minimum atomic E-state index is -0.779. The van der Waals surface area contributed by atoms with Gasteiger partial charge in [-0.3, -0.25) is 0 Å². The first-order valence-electron chi connectivity index (χ1n) is 3.86. The fraction of sp³-hybridized carbons (Fsp3) is 0.333. The summed E-state index contributed by atoms with van der Waals surface area (Å²) < 4.78 is 0.434. The van der Waals surface area contributed by atoms with Gasteiger partial charge in [-0.25, -0.2) is 15.1 Å². The third kappa shape index (κ3) is 4.09. The van der Waals surface area contributed by atoms with Gasteiger partial charge in [0.1, 0.15) is 5.10 Å². The number of hydrogen-bond donors (Lipinski definition) is 2. The summed E-state index contributed by atoms with van der Waals surface area (Å²) >= 11 is 6.92. The van der Waals surface area contributed by atoms with E-state index in [1.807, 2.05) is 0 Å². The van der Waals surface area contributed by atoms with Crippen LogP contribution in [0.25, 0.3) is 0 Å².